The van der Waals surface area contributed by atoms with Gasteiger partial charge in [0.25, 0.3) is 0 Å². The maximum absolute atomic E-state index is 14.1. The number of carbonyl (C=O) groups is 4. The van der Waals surface area contributed by atoms with Gasteiger partial charge in [0.05, 0.1) is 60.2 Å². The largest absolute Gasteiger partial charge is 0.388 e. The van der Waals surface area contributed by atoms with Crippen molar-refractivity contribution < 1.29 is 29.4 Å². The number of pyridine rings is 2. The fraction of sp³-hybridized carbons (Fsp3) is 0.435. The van der Waals surface area contributed by atoms with Crippen LogP contribution >= 0.6 is 0 Å². The van der Waals surface area contributed by atoms with Crippen molar-refractivity contribution in [2.45, 2.75) is 77.9 Å². The van der Waals surface area contributed by atoms with Crippen LogP contribution < -0.4 is 10.6 Å². The number of benzene rings is 2. The van der Waals surface area contributed by atoms with Crippen molar-refractivity contribution >= 4 is 23.6 Å². The number of aliphatic hydroxyl groups is 2. The van der Waals surface area contributed by atoms with E-state index in [0.717, 1.165) is 22.5 Å². The summed E-state index contributed by atoms with van der Waals surface area (Å²) in [4.78, 5) is 67.4. The van der Waals surface area contributed by atoms with E-state index in [-0.39, 0.29) is 24.7 Å². The number of nitrogens with zero attached hydrogens (tertiary/aromatic N) is 4. The fourth-order valence-electron chi connectivity index (χ4n) is 8.55. The van der Waals surface area contributed by atoms with Crippen LogP contribution in [0, 0.1) is 34.5 Å². The van der Waals surface area contributed by atoms with Crippen molar-refractivity contribution in [3.8, 4) is 0 Å². The van der Waals surface area contributed by atoms with Gasteiger partial charge in [-0.25, -0.2) is 0 Å². The van der Waals surface area contributed by atoms with Crippen LogP contribution in [0.1, 0.15) is 50.2 Å². The minimum Gasteiger partial charge on any atom is -0.388 e. The zero-order valence-corrected chi connectivity index (χ0v) is 34.2. The maximum atomic E-state index is 14.1. The molecule has 0 saturated heterocycles. The summed E-state index contributed by atoms with van der Waals surface area (Å²) < 4.78 is 0. The van der Waals surface area contributed by atoms with Crippen molar-refractivity contribution in [1.29, 1.82) is 0 Å². The Balaban J connectivity index is 1.19. The lowest BCUT2D eigenvalue weighted by atomic mass is 9.90. The quantitative estimate of drug-likeness (QED) is 0.126. The van der Waals surface area contributed by atoms with Crippen molar-refractivity contribution in [3.05, 3.63) is 132 Å². The summed E-state index contributed by atoms with van der Waals surface area (Å²) in [5.74, 6) is -3.68. The monoisotopic (exact) mass is 788 g/mol. The molecule has 2 heterocycles. The van der Waals surface area contributed by atoms with Gasteiger partial charge in [-0.15, -0.1) is 0 Å². The van der Waals surface area contributed by atoms with E-state index in [0.29, 0.717) is 13.1 Å². The molecule has 2 aliphatic rings. The van der Waals surface area contributed by atoms with E-state index in [1.165, 1.54) is 0 Å². The highest BCUT2D eigenvalue weighted by Gasteiger charge is 2.67. The number of amides is 4. The Kier molecular flexibility index (Phi) is 12.8. The lowest BCUT2D eigenvalue weighted by Crippen LogP contribution is -2.58. The third-order valence-electron chi connectivity index (χ3n) is 12.2. The molecule has 2 aliphatic carbocycles. The summed E-state index contributed by atoms with van der Waals surface area (Å²) in [6.45, 7) is 8.11. The number of rotatable bonds is 17. The summed E-state index contributed by atoms with van der Waals surface area (Å²) in [5.41, 5.74) is 1.79. The van der Waals surface area contributed by atoms with E-state index in [1.807, 2.05) is 125 Å². The number of hydrogen-bond acceptors (Lipinski definition) is 8. The number of nitrogens with one attached hydrogen (secondary N) is 2. The van der Waals surface area contributed by atoms with E-state index in [2.05, 4.69) is 20.6 Å². The van der Waals surface area contributed by atoms with Crippen LogP contribution in [0.25, 0.3) is 0 Å². The number of aliphatic hydroxyl groups excluding tert-OH is 2. The molecule has 0 unspecified atom stereocenters. The number of carbonyl (C=O) groups excluding carboxylic acids is 4. The Morgan fingerprint density at radius 1 is 0.569 bits per heavy atom. The van der Waals surface area contributed by atoms with E-state index < -0.39 is 70.6 Å². The Labute approximate surface area is 341 Å². The molecule has 4 N–H and O–H groups in total. The molecule has 6 rings (SSSR count). The summed E-state index contributed by atoms with van der Waals surface area (Å²) >= 11 is 0. The van der Waals surface area contributed by atoms with Crippen molar-refractivity contribution in [2.24, 2.45) is 34.5 Å². The second-order valence-corrected chi connectivity index (χ2v) is 17.2. The zero-order chi connectivity index (χ0) is 41.8. The smallest absolute Gasteiger partial charge is 0.227 e. The van der Waals surface area contributed by atoms with Crippen LogP contribution in [0.15, 0.2) is 109 Å². The van der Waals surface area contributed by atoms with Gasteiger partial charge >= 0.3 is 0 Å². The maximum Gasteiger partial charge on any atom is 0.227 e. The molecule has 0 bridgehead atoms. The Hall–Kier alpha value is -5.46. The molecule has 0 radical (unpaired) electrons. The molecule has 0 spiro atoms. The highest BCUT2D eigenvalue weighted by Crippen LogP contribution is 2.60. The van der Waals surface area contributed by atoms with Crippen LogP contribution in [0.5, 0.6) is 0 Å². The van der Waals surface area contributed by atoms with Crippen LogP contribution in [-0.4, -0.2) is 92.0 Å². The van der Waals surface area contributed by atoms with Gasteiger partial charge in [0.1, 0.15) is 12.2 Å². The minimum absolute atomic E-state index is 0.177. The van der Waals surface area contributed by atoms with Crippen molar-refractivity contribution in [3.63, 3.8) is 0 Å². The molecule has 12 heteroatoms. The summed E-state index contributed by atoms with van der Waals surface area (Å²) in [5, 5.41) is 30.1. The van der Waals surface area contributed by atoms with Gasteiger partial charge in [-0.05, 0) is 59.1 Å². The molecule has 2 saturated carbocycles. The van der Waals surface area contributed by atoms with Gasteiger partial charge in [-0.1, -0.05) is 100 Å². The zero-order valence-electron chi connectivity index (χ0n) is 34.2. The molecule has 2 aromatic heterocycles. The van der Waals surface area contributed by atoms with Crippen LogP contribution in [0.3, 0.4) is 0 Å². The van der Waals surface area contributed by atoms with Crippen molar-refractivity contribution in [1.82, 2.24) is 30.4 Å². The van der Waals surface area contributed by atoms with E-state index in [1.54, 1.807) is 36.3 Å². The molecule has 8 atom stereocenters. The topological polar surface area (TPSA) is 165 Å². The van der Waals surface area contributed by atoms with Crippen LogP contribution in [-0.2, 0) is 45.1 Å². The Bertz CT molecular complexity index is 1890. The minimum atomic E-state index is -1.53. The molecule has 2 aromatic carbocycles. The van der Waals surface area contributed by atoms with Crippen LogP contribution in [0.2, 0.25) is 0 Å². The third kappa shape index (κ3) is 9.45. The SMILES string of the molecule is CN(Cc1ccccn1)C(=O)[C@H]1[C@H](C(=O)N[C@@H](Cc2ccccc2)[C@@H](O)[C@H](O)[C@H](Cc2ccccc2)NC(=O)[C@H]2[C@H](C(=O)N(C)Cc3ccccn3)C2(C)C)C1(C)C. The van der Waals surface area contributed by atoms with Crippen molar-refractivity contribution in [2.75, 3.05) is 14.1 Å². The van der Waals surface area contributed by atoms with Gasteiger partial charge in [0.15, 0.2) is 0 Å². The fourth-order valence-corrected chi connectivity index (χ4v) is 8.55. The molecule has 0 aliphatic heterocycles. The van der Waals surface area contributed by atoms with Gasteiger partial charge in [0, 0.05) is 26.5 Å². The first-order valence-electron chi connectivity index (χ1n) is 20.0. The molecule has 58 heavy (non-hydrogen) atoms. The predicted molar refractivity (Wildman–Crippen MR) is 219 cm³/mol. The summed E-state index contributed by atoms with van der Waals surface area (Å²) in [7, 11) is 3.39. The lowest BCUT2D eigenvalue weighted by Gasteiger charge is -2.33. The number of hydrogen-bond donors (Lipinski definition) is 4. The summed E-state index contributed by atoms with van der Waals surface area (Å²) in [6, 6.07) is 27.7. The van der Waals surface area contributed by atoms with Gasteiger partial charge in [0.2, 0.25) is 23.6 Å². The van der Waals surface area contributed by atoms with E-state index in [9.17, 15) is 29.4 Å². The van der Waals surface area contributed by atoms with Gasteiger partial charge < -0.3 is 30.6 Å². The second-order valence-electron chi connectivity index (χ2n) is 17.2. The highest BCUT2D eigenvalue weighted by atomic mass is 16.3. The standard InChI is InChI=1S/C46H56N6O6/c1-45(2)35(37(45)43(57)51(5)27-31-21-13-15-23-47-31)41(55)49-33(25-29-17-9-7-10-18-29)39(53)40(54)34(26-30-19-11-8-12-20-30)50-42(56)36-38(46(36,3)4)44(58)52(6)28-32-22-14-16-24-48-32/h7-24,33-40,53-54H,25-28H2,1-6H3,(H,49,55)(H,50,56)/t33-,34-,35+,36+,37+,38+,39+,40+/m0/s1. The molecule has 12 nitrogen and oxygen atoms in total. The van der Waals surface area contributed by atoms with Gasteiger partial charge in [-0.2, -0.15) is 0 Å². The first kappa shape index (κ1) is 42.2. The molecule has 2 fully saturated rings. The average molecular weight is 789 g/mol. The van der Waals surface area contributed by atoms with E-state index >= 15 is 0 Å². The summed E-state index contributed by atoms with van der Waals surface area (Å²) in [6.07, 6.45) is 0.630. The average Bonchev–Trinajstić information content (AvgIpc) is 4.02. The lowest BCUT2D eigenvalue weighted by molar-refractivity contribution is -0.135. The molecule has 4 amide bonds. The first-order chi connectivity index (χ1) is 27.6. The van der Waals surface area contributed by atoms with Crippen LogP contribution in [0.4, 0.5) is 0 Å². The first-order valence-corrected chi connectivity index (χ1v) is 20.0. The van der Waals surface area contributed by atoms with Gasteiger partial charge in [-0.3, -0.25) is 29.1 Å². The normalized spacial score (nSPS) is 22.0. The molecular weight excluding hydrogens is 733 g/mol. The molecule has 4 aromatic rings. The predicted octanol–water partition coefficient (Wildman–Crippen LogP) is 3.81. The Morgan fingerprint density at radius 2 is 0.914 bits per heavy atom. The molecule has 306 valence electrons. The Morgan fingerprint density at radius 3 is 1.24 bits per heavy atom. The number of aromatic nitrogens is 2. The third-order valence-corrected chi connectivity index (χ3v) is 12.2. The van der Waals surface area contributed by atoms with E-state index in [4.69, 9.17) is 0 Å². The molecular formula is C46H56N6O6. The second kappa shape index (κ2) is 17.6. The highest BCUT2D eigenvalue weighted by molar-refractivity contribution is 5.95.